The summed E-state index contributed by atoms with van der Waals surface area (Å²) in [6, 6.07) is 14.4. The summed E-state index contributed by atoms with van der Waals surface area (Å²) in [6.45, 7) is 2.88. The van der Waals surface area contributed by atoms with Crippen molar-refractivity contribution < 1.29 is 4.74 Å². The van der Waals surface area contributed by atoms with Crippen LogP contribution in [0.2, 0.25) is 0 Å². The van der Waals surface area contributed by atoms with E-state index in [1.165, 1.54) is 11.1 Å². The Bertz CT molecular complexity index is 627. The summed E-state index contributed by atoms with van der Waals surface area (Å²) in [7, 11) is 0. The Morgan fingerprint density at radius 3 is 2.50 bits per heavy atom. The lowest BCUT2D eigenvalue weighted by Crippen LogP contribution is -1.85. The summed E-state index contributed by atoms with van der Waals surface area (Å²) >= 11 is 0. The minimum atomic E-state index is 0.796. The van der Waals surface area contributed by atoms with Gasteiger partial charge in [0, 0.05) is 17.5 Å². The number of hydrogen-bond acceptors (Lipinski definition) is 1. The number of benzene rings is 2. The fourth-order valence-corrected chi connectivity index (χ4v) is 2.05. The molecule has 0 aliphatic carbocycles. The molecule has 1 heteroatoms. The number of fused-ring (bicyclic) bond motifs is 1. The van der Waals surface area contributed by atoms with Crippen molar-refractivity contribution in [3.63, 3.8) is 0 Å². The molecule has 1 nitrogen and oxygen atoms in total. The third-order valence-corrected chi connectivity index (χ3v) is 3.09. The fraction of sp³-hybridized carbons (Fsp3) is 0.176. The van der Waals surface area contributed by atoms with E-state index < -0.39 is 0 Å². The van der Waals surface area contributed by atoms with E-state index in [2.05, 4.69) is 49.1 Å². The van der Waals surface area contributed by atoms with Gasteiger partial charge in [0.15, 0.2) is 0 Å². The van der Waals surface area contributed by atoms with Crippen LogP contribution in [0.5, 0.6) is 5.75 Å². The van der Waals surface area contributed by atoms with Crippen molar-refractivity contribution in [3.8, 4) is 17.6 Å². The zero-order valence-electron chi connectivity index (χ0n) is 10.4. The summed E-state index contributed by atoms with van der Waals surface area (Å²) in [6.07, 6.45) is 0.995. The average Bonchev–Trinajstić information content (AvgIpc) is 2.85. The van der Waals surface area contributed by atoms with Gasteiger partial charge in [0.25, 0.3) is 0 Å². The van der Waals surface area contributed by atoms with E-state index in [9.17, 15) is 0 Å². The summed E-state index contributed by atoms with van der Waals surface area (Å²) < 4.78 is 5.48. The van der Waals surface area contributed by atoms with Crippen LogP contribution in [0.3, 0.4) is 0 Å². The van der Waals surface area contributed by atoms with Gasteiger partial charge in [0.2, 0.25) is 0 Å². The van der Waals surface area contributed by atoms with Crippen LogP contribution in [0.1, 0.15) is 22.3 Å². The first kappa shape index (κ1) is 10.9. The van der Waals surface area contributed by atoms with Gasteiger partial charge in [-0.3, -0.25) is 0 Å². The first-order valence-corrected chi connectivity index (χ1v) is 6.16. The highest BCUT2D eigenvalue weighted by molar-refractivity contribution is 5.48. The van der Waals surface area contributed by atoms with Gasteiger partial charge >= 0.3 is 0 Å². The van der Waals surface area contributed by atoms with E-state index in [0.29, 0.717) is 0 Å². The molecule has 0 saturated heterocycles. The average molecular weight is 234 g/mol. The zero-order chi connectivity index (χ0) is 12.4. The highest BCUT2D eigenvalue weighted by Crippen LogP contribution is 2.25. The van der Waals surface area contributed by atoms with Crippen LogP contribution in [0.25, 0.3) is 0 Å². The molecule has 0 fully saturated rings. The van der Waals surface area contributed by atoms with Gasteiger partial charge in [-0.15, -0.1) is 0 Å². The van der Waals surface area contributed by atoms with E-state index in [4.69, 9.17) is 4.74 Å². The molecule has 0 unspecified atom stereocenters. The van der Waals surface area contributed by atoms with Gasteiger partial charge < -0.3 is 4.74 Å². The molecular weight excluding hydrogens is 220 g/mol. The third-order valence-electron chi connectivity index (χ3n) is 3.09. The molecule has 0 bridgehead atoms. The van der Waals surface area contributed by atoms with Crippen LogP contribution in [-0.2, 0) is 6.42 Å². The predicted octanol–water partition coefficient (Wildman–Crippen LogP) is 3.33. The number of hydrogen-bond donors (Lipinski definition) is 0. The molecule has 18 heavy (non-hydrogen) atoms. The summed E-state index contributed by atoms with van der Waals surface area (Å²) in [5.74, 6) is 7.40. The predicted molar refractivity (Wildman–Crippen MR) is 72.8 cm³/mol. The van der Waals surface area contributed by atoms with Crippen LogP contribution >= 0.6 is 0 Å². The first-order valence-electron chi connectivity index (χ1n) is 6.16. The highest BCUT2D eigenvalue weighted by Gasteiger charge is 2.10. The Morgan fingerprint density at radius 2 is 1.67 bits per heavy atom. The van der Waals surface area contributed by atoms with Gasteiger partial charge in [-0.05, 0) is 42.8 Å². The van der Waals surface area contributed by atoms with Crippen LogP contribution in [0.15, 0.2) is 42.5 Å². The van der Waals surface area contributed by atoms with Crippen LogP contribution in [0.4, 0.5) is 0 Å². The van der Waals surface area contributed by atoms with Crippen molar-refractivity contribution in [1.29, 1.82) is 0 Å². The van der Waals surface area contributed by atoms with Crippen LogP contribution in [-0.4, -0.2) is 6.61 Å². The number of ether oxygens (including phenoxy) is 1. The van der Waals surface area contributed by atoms with Crippen molar-refractivity contribution in [2.75, 3.05) is 6.61 Å². The molecule has 0 spiro atoms. The summed E-state index contributed by atoms with van der Waals surface area (Å²) in [5, 5.41) is 0. The minimum absolute atomic E-state index is 0.796. The normalized spacial score (nSPS) is 12.3. The van der Waals surface area contributed by atoms with Gasteiger partial charge in [-0.1, -0.05) is 29.5 Å². The van der Waals surface area contributed by atoms with Crippen LogP contribution in [0, 0.1) is 18.8 Å². The second-order valence-electron chi connectivity index (χ2n) is 4.54. The zero-order valence-corrected chi connectivity index (χ0v) is 10.4. The smallest absolute Gasteiger partial charge is 0.122 e. The molecule has 0 N–H and O–H groups in total. The second kappa shape index (κ2) is 4.58. The lowest BCUT2D eigenvalue weighted by atomic mass is 10.1. The molecular formula is C17H14O. The number of aryl methyl sites for hydroxylation is 1. The molecule has 1 heterocycles. The molecule has 1 aliphatic heterocycles. The van der Waals surface area contributed by atoms with E-state index >= 15 is 0 Å². The Balaban J connectivity index is 1.87. The molecule has 0 radical (unpaired) electrons. The Hall–Kier alpha value is -2.20. The highest BCUT2D eigenvalue weighted by atomic mass is 16.5. The Labute approximate surface area is 107 Å². The second-order valence-corrected chi connectivity index (χ2v) is 4.54. The molecule has 0 atom stereocenters. The topological polar surface area (TPSA) is 9.23 Å². The van der Waals surface area contributed by atoms with E-state index in [1.54, 1.807) is 0 Å². The molecule has 1 aliphatic rings. The van der Waals surface area contributed by atoms with Crippen molar-refractivity contribution >= 4 is 0 Å². The SMILES string of the molecule is Cc1ccc(C#Cc2ccc3c(c2)CCO3)cc1. The van der Waals surface area contributed by atoms with Gasteiger partial charge in [-0.25, -0.2) is 0 Å². The minimum Gasteiger partial charge on any atom is -0.493 e. The fourth-order valence-electron chi connectivity index (χ4n) is 2.05. The Kier molecular flexibility index (Phi) is 2.78. The third kappa shape index (κ3) is 2.24. The van der Waals surface area contributed by atoms with Gasteiger partial charge in [0.05, 0.1) is 6.61 Å². The molecule has 3 rings (SSSR count). The van der Waals surface area contributed by atoms with Crippen molar-refractivity contribution in [1.82, 2.24) is 0 Å². The quantitative estimate of drug-likeness (QED) is 0.635. The molecule has 0 saturated carbocycles. The van der Waals surface area contributed by atoms with Gasteiger partial charge in [0.1, 0.15) is 5.75 Å². The summed E-state index contributed by atoms with van der Waals surface area (Å²) in [5.41, 5.74) is 4.64. The molecule has 0 aromatic heterocycles. The van der Waals surface area contributed by atoms with Crippen molar-refractivity contribution in [2.24, 2.45) is 0 Å². The molecule has 2 aromatic rings. The van der Waals surface area contributed by atoms with Crippen molar-refractivity contribution in [3.05, 3.63) is 64.7 Å². The van der Waals surface area contributed by atoms with E-state index in [-0.39, 0.29) is 0 Å². The lowest BCUT2D eigenvalue weighted by molar-refractivity contribution is 0.357. The molecule has 2 aromatic carbocycles. The Morgan fingerprint density at radius 1 is 0.944 bits per heavy atom. The van der Waals surface area contributed by atoms with Crippen LogP contribution < -0.4 is 4.74 Å². The maximum absolute atomic E-state index is 5.48. The standard InChI is InChI=1S/C17H14O/c1-13-2-4-14(5-3-13)6-7-15-8-9-17-16(12-15)10-11-18-17/h2-5,8-9,12H,10-11H2,1H3. The molecule has 88 valence electrons. The molecule has 0 amide bonds. The maximum atomic E-state index is 5.48. The van der Waals surface area contributed by atoms with E-state index in [0.717, 1.165) is 29.9 Å². The largest absolute Gasteiger partial charge is 0.493 e. The lowest BCUT2D eigenvalue weighted by Gasteiger charge is -1.98. The number of rotatable bonds is 0. The van der Waals surface area contributed by atoms with E-state index in [1.807, 2.05) is 12.1 Å². The van der Waals surface area contributed by atoms with Crippen molar-refractivity contribution in [2.45, 2.75) is 13.3 Å². The van der Waals surface area contributed by atoms with Gasteiger partial charge in [-0.2, -0.15) is 0 Å². The monoisotopic (exact) mass is 234 g/mol. The maximum Gasteiger partial charge on any atom is 0.122 e. The summed E-state index contributed by atoms with van der Waals surface area (Å²) in [4.78, 5) is 0. The first-order chi connectivity index (χ1) is 8.81.